The standard InChI is InChI=1S/C16H34N2O/c1-6-18-10-7-14(8-11-18)13(2)17-15(9-12-19)16(3,4)5/h13-15,17,19H,6-12H2,1-5H3. The third kappa shape index (κ3) is 5.41. The lowest BCUT2D eigenvalue weighted by Gasteiger charge is -2.39. The van der Waals surface area contributed by atoms with Crippen LogP contribution in [0.1, 0.15) is 53.9 Å². The van der Waals surface area contributed by atoms with Crippen LogP contribution in [0, 0.1) is 11.3 Å². The minimum absolute atomic E-state index is 0.209. The van der Waals surface area contributed by atoms with Crippen molar-refractivity contribution in [2.24, 2.45) is 11.3 Å². The van der Waals surface area contributed by atoms with E-state index in [-0.39, 0.29) is 12.0 Å². The van der Waals surface area contributed by atoms with Crippen LogP contribution in [0.3, 0.4) is 0 Å². The molecule has 0 radical (unpaired) electrons. The molecule has 2 unspecified atom stereocenters. The number of aliphatic hydroxyl groups excluding tert-OH is 1. The van der Waals surface area contributed by atoms with Crippen LogP contribution in [-0.2, 0) is 0 Å². The largest absolute Gasteiger partial charge is 0.396 e. The molecule has 3 heteroatoms. The molecule has 0 aromatic carbocycles. The van der Waals surface area contributed by atoms with Crippen molar-refractivity contribution in [3.05, 3.63) is 0 Å². The van der Waals surface area contributed by atoms with E-state index < -0.39 is 0 Å². The van der Waals surface area contributed by atoms with Gasteiger partial charge in [-0.3, -0.25) is 0 Å². The summed E-state index contributed by atoms with van der Waals surface area (Å²) in [5.41, 5.74) is 0.209. The van der Waals surface area contributed by atoms with E-state index in [1.54, 1.807) is 0 Å². The van der Waals surface area contributed by atoms with Gasteiger partial charge in [-0.15, -0.1) is 0 Å². The Morgan fingerprint density at radius 1 is 1.26 bits per heavy atom. The van der Waals surface area contributed by atoms with Gasteiger partial charge in [0.1, 0.15) is 0 Å². The highest BCUT2D eigenvalue weighted by Crippen LogP contribution is 2.26. The van der Waals surface area contributed by atoms with Gasteiger partial charge in [-0.2, -0.15) is 0 Å². The molecule has 19 heavy (non-hydrogen) atoms. The Morgan fingerprint density at radius 3 is 2.26 bits per heavy atom. The molecule has 2 atom stereocenters. The van der Waals surface area contributed by atoms with Gasteiger partial charge in [0.2, 0.25) is 0 Å². The van der Waals surface area contributed by atoms with Crippen molar-refractivity contribution >= 4 is 0 Å². The third-order valence-corrected chi connectivity index (χ3v) is 4.71. The average molecular weight is 270 g/mol. The summed E-state index contributed by atoms with van der Waals surface area (Å²) < 4.78 is 0. The van der Waals surface area contributed by atoms with E-state index in [0.29, 0.717) is 12.1 Å². The predicted octanol–water partition coefficient (Wildman–Crippen LogP) is 2.49. The molecule has 1 aliphatic heterocycles. The molecule has 1 saturated heterocycles. The van der Waals surface area contributed by atoms with Gasteiger partial charge in [-0.25, -0.2) is 0 Å². The molecule has 0 bridgehead atoms. The molecule has 0 spiro atoms. The van der Waals surface area contributed by atoms with Crippen molar-refractivity contribution in [1.29, 1.82) is 0 Å². The monoisotopic (exact) mass is 270 g/mol. The van der Waals surface area contributed by atoms with Crippen LogP contribution < -0.4 is 5.32 Å². The smallest absolute Gasteiger partial charge is 0.0446 e. The highest BCUT2D eigenvalue weighted by atomic mass is 16.3. The van der Waals surface area contributed by atoms with Gasteiger partial charge in [-0.05, 0) is 57.2 Å². The Hall–Kier alpha value is -0.120. The van der Waals surface area contributed by atoms with Gasteiger partial charge in [0.25, 0.3) is 0 Å². The van der Waals surface area contributed by atoms with Crippen molar-refractivity contribution in [1.82, 2.24) is 10.2 Å². The summed E-state index contributed by atoms with van der Waals surface area (Å²) in [6.45, 7) is 15.3. The molecule has 114 valence electrons. The topological polar surface area (TPSA) is 35.5 Å². The van der Waals surface area contributed by atoms with Crippen molar-refractivity contribution in [3.8, 4) is 0 Å². The summed E-state index contributed by atoms with van der Waals surface area (Å²) in [4.78, 5) is 2.54. The van der Waals surface area contributed by atoms with E-state index in [2.05, 4.69) is 44.8 Å². The average Bonchev–Trinajstić information content (AvgIpc) is 2.37. The highest BCUT2D eigenvalue weighted by Gasteiger charge is 2.29. The molecule has 0 saturated carbocycles. The minimum atomic E-state index is 0.209. The Bertz CT molecular complexity index is 242. The van der Waals surface area contributed by atoms with Crippen molar-refractivity contribution in [2.45, 2.75) is 66.0 Å². The second kappa shape index (κ2) is 7.61. The summed E-state index contributed by atoms with van der Waals surface area (Å²) in [6.07, 6.45) is 3.46. The molecule has 2 N–H and O–H groups in total. The van der Waals surface area contributed by atoms with Gasteiger partial charge in [0.05, 0.1) is 0 Å². The highest BCUT2D eigenvalue weighted by molar-refractivity contribution is 4.86. The fraction of sp³-hybridized carbons (Fsp3) is 1.00. The molecule has 0 aromatic rings. The molecule has 3 nitrogen and oxygen atoms in total. The minimum Gasteiger partial charge on any atom is -0.396 e. The summed E-state index contributed by atoms with van der Waals surface area (Å²) in [7, 11) is 0. The van der Waals surface area contributed by atoms with Crippen molar-refractivity contribution in [3.63, 3.8) is 0 Å². The molecular formula is C16H34N2O. The molecule has 0 aromatic heterocycles. The second-order valence-electron chi connectivity index (χ2n) is 7.16. The van der Waals surface area contributed by atoms with E-state index in [4.69, 9.17) is 0 Å². The van der Waals surface area contributed by atoms with E-state index >= 15 is 0 Å². The second-order valence-corrected chi connectivity index (χ2v) is 7.16. The van der Waals surface area contributed by atoms with Crippen LogP contribution in [0.15, 0.2) is 0 Å². The van der Waals surface area contributed by atoms with Crippen LogP contribution in [0.25, 0.3) is 0 Å². The first-order chi connectivity index (χ1) is 8.88. The summed E-state index contributed by atoms with van der Waals surface area (Å²) in [5.74, 6) is 0.784. The molecule has 0 amide bonds. The van der Waals surface area contributed by atoms with E-state index in [1.807, 2.05) is 0 Å². The third-order valence-electron chi connectivity index (χ3n) is 4.71. The Kier molecular flexibility index (Phi) is 6.78. The van der Waals surface area contributed by atoms with Crippen LogP contribution in [0.5, 0.6) is 0 Å². The SMILES string of the molecule is CCN1CCC(C(C)NC(CCO)C(C)(C)C)CC1. The maximum Gasteiger partial charge on any atom is 0.0446 e. The number of piperidine rings is 1. The van der Waals surface area contributed by atoms with Crippen molar-refractivity contribution in [2.75, 3.05) is 26.2 Å². The van der Waals surface area contributed by atoms with Gasteiger partial charge in [0, 0.05) is 18.7 Å². The zero-order valence-corrected chi connectivity index (χ0v) is 13.6. The lowest BCUT2D eigenvalue weighted by molar-refractivity contribution is 0.136. The van der Waals surface area contributed by atoms with Gasteiger partial charge in [-0.1, -0.05) is 27.7 Å². The van der Waals surface area contributed by atoms with Crippen LogP contribution in [0.2, 0.25) is 0 Å². The summed E-state index contributed by atoms with van der Waals surface area (Å²) in [5, 5.41) is 13.0. The first-order valence-corrected chi connectivity index (χ1v) is 7.97. The number of nitrogens with zero attached hydrogens (tertiary/aromatic N) is 1. The number of aliphatic hydroxyl groups is 1. The number of hydrogen-bond donors (Lipinski definition) is 2. The zero-order valence-electron chi connectivity index (χ0n) is 13.6. The molecule has 1 heterocycles. The number of nitrogens with one attached hydrogen (secondary N) is 1. The lowest BCUT2D eigenvalue weighted by atomic mass is 9.82. The van der Waals surface area contributed by atoms with Crippen molar-refractivity contribution < 1.29 is 5.11 Å². The normalized spacial score (nSPS) is 22.4. The summed E-state index contributed by atoms with van der Waals surface area (Å²) >= 11 is 0. The molecular weight excluding hydrogens is 236 g/mol. The van der Waals surface area contributed by atoms with Crippen LogP contribution >= 0.6 is 0 Å². The predicted molar refractivity (Wildman–Crippen MR) is 82.4 cm³/mol. The Balaban J connectivity index is 2.46. The maximum atomic E-state index is 9.24. The Labute approximate surface area is 119 Å². The molecule has 1 rings (SSSR count). The Morgan fingerprint density at radius 2 is 1.84 bits per heavy atom. The quantitative estimate of drug-likeness (QED) is 0.778. The van der Waals surface area contributed by atoms with Gasteiger partial charge in [0.15, 0.2) is 0 Å². The van der Waals surface area contributed by atoms with Crippen LogP contribution in [0.4, 0.5) is 0 Å². The molecule has 0 aliphatic carbocycles. The van der Waals surface area contributed by atoms with E-state index in [1.165, 1.54) is 32.5 Å². The number of rotatable bonds is 6. The summed E-state index contributed by atoms with van der Waals surface area (Å²) in [6, 6.07) is 0.950. The fourth-order valence-electron chi connectivity index (χ4n) is 3.12. The first-order valence-electron chi connectivity index (χ1n) is 7.97. The lowest BCUT2D eigenvalue weighted by Crippen LogP contribution is -2.50. The van der Waals surface area contributed by atoms with E-state index in [0.717, 1.165) is 12.3 Å². The van der Waals surface area contributed by atoms with Crippen LogP contribution in [-0.4, -0.2) is 48.3 Å². The van der Waals surface area contributed by atoms with E-state index in [9.17, 15) is 5.11 Å². The van der Waals surface area contributed by atoms with Gasteiger partial charge < -0.3 is 15.3 Å². The number of likely N-dealkylation sites (tertiary alicyclic amines) is 1. The van der Waals surface area contributed by atoms with Gasteiger partial charge >= 0.3 is 0 Å². The molecule has 1 fully saturated rings. The fourth-order valence-corrected chi connectivity index (χ4v) is 3.12. The zero-order chi connectivity index (χ0) is 14.5. The molecule has 1 aliphatic rings. The number of hydrogen-bond acceptors (Lipinski definition) is 3. The first kappa shape index (κ1) is 16.9. The maximum absolute atomic E-state index is 9.24.